The van der Waals surface area contributed by atoms with Gasteiger partial charge >= 0.3 is 5.97 Å². The van der Waals surface area contributed by atoms with Gasteiger partial charge in [-0.2, -0.15) is 0 Å². The van der Waals surface area contributed by atoms with Crippen LogP contribution in [0.3, 0.4) is 0 Å². The number of hydrogen-bond donors (Lipinski definition) is 1. The molecule has 0 atom stereocenters. The molecule has 0 bridgehead atoms. The van der Waals surface area contributed by atoms with Crippen molar-refractivity contribution in [3.05, 3.63) is 29.1 Å². The highest BCUT2D eigenvalue weighted by Crippen LogP contribution is 2.14. The van der Waals surface area contributed by atoms with E-state index in [1.165, 1.54) is 0 Å². The van der Waals surface area contributed by atoms with Crippen molar-refractivity contribution in [2.24, 2.45) is 0 Å². The van der Waals surface area contributed by atoms with Crippen molar-refractivity contribution in [2.45, 2.75) is 13.3 Å². The topological polar surface area (TPSA) is 65.2 Å². The summed E-state index contributed by atoms with van der Waals surface area (Å²) >= 11 is 5.72. The van der Waals surface area contributed by atoms with E-state index in [2.05, 4.69) is 4.98 Å². The minimum absolute atomic E-state index is 0.196. The fourth-order valence-electron chi connectivity index (χ4n) is 1.08. The summed E-state index contributed by atoms with van der Waals surface area (Å²) in [6.07, 6.45) is 3.49. The Labute approximate surface area is 99.1 Å². The molecule has 2 N–H and O–H groups in total. The van der Waals surface area contributed by atoms with Gasteiger partial charge in [-0.05, 0) is 25.1 Å². The highest BCUT2D eigenvalue weighted by atomic mass is 35.5. The van der Waals surface area contributed by atoms with Crippen LogP contribution in [0.15, 0.2) is 18.2 Å². The fraction of sp³-hybridized carbons (Fsp3) is 0.273. The molecule has 1 heterocycles. The Morgan fingerprint density at radius 2 is 2.38 bits per heavy atom. The molecule has 0 aliphatic heterocycles. The molecule has 1 rings (SSSR count). The van der Waals surface area contributed by atoms with Gasteiger partial charge < -0.3 is 10.5 Å². The number of nitrogen functional groups attached to an aromatic ring is 1. The number of hydrogen-bond acceptors (Lipinski definition) is 4. The zero-order chi connectivity index (χ0) is 12.0. The van der Waals surface area contributed by atoms with Crippen molar-refractivity contribution in [2.75, 3.05) is 12.3 Å². The number of pyridine rings is 1. The SMILES string of the molecule is CCOC(=O)CC=Cc1nc(Cl)ccc1N. The molecule has 0 amide bonds. The molecular weight excluding hydrogens is 228 g/mol. The first kappa shape index (κ1) is 12.5. The molecule has 4 nitrogen and oxygen atoms in total. The number of anilines is 1. The van der Waals surface area contributed by atoms with Gasteiger partial charge in [0.05, 0.1) is 24.4 Å². The summed E-state index contributed by atoms with van der Waals surface area (Å²) in [6, 6.07) is 3.28. The van der Waals surface area contributed by atoms with Crippen LogP contribution in [0.25, 0.3) is 6.08 Å². The number of aromatic nitrogens is 1. The van der Waals surface area contributed by atoms with Crippen LogP contribution >= 0.6 is 11.6 Å². The van der Waals surface area contributed by atoms with Crippen molar-refractivity contribution in [3.8, 4) is 0 Å². The first-order valence-corrected chi connectivity index (χ1v) is 5.25. The third-order valence-electron chi connectivity index (χ3n) is 1.79. The second-order valence-corrected chi connectivity index (χ2v) is 3.41. The fourth-order valence-corrected chi connectivity index (χ4v) is 1.24. The molecule has 0 saturated heterocycles. The molecule has 0 aromatic carbocycles. The number of halogens is 1. The molecule has 0 unspecified atom stereocenters. The minimum Gasteiger partial charge on any atom is -0.466 e. The number of nitrogens with two attached hydrogens (primary N) is 1. The summed E-state index contributed by atoms with van der Waals surface area (Å²) in [4.78, 5) is 15.1. The Hall–Kier alpha value is -1.55. The third-order valence-corrected chi connectivity index (χ3v) is 2.00. The van der Waals surface area contributed by atoms with Crippen LogP contribution in [0.4, 0.5) is 5.69 Å². The summed E-state index contributed by atoms with van der Waals surface area (Å²) in [7, 11) is 0. The third kappa shape index (κ3) is 3.90. The number of nitrogens with zero attached hydrogens (tertiary/aromatic N) is 1. The lowest BCUT2D eigenvalue weighted by atomic mass is 10.2. The molecular formula is C11H13ClN2O2. The monoisotopic (exact) mass is 240 g/mol. The van der Waals surface area contributed by atoms with E-state index in [1.54, 1.807) is 31.2 Å². The van der Waals surface area contributed by atoms with Crippen LogP contribution in [0, 0.1) is 0 Å². The molecule has 86 valence electrons. The van der Waals surface area contributed by atoms with Gasteiger partial charge in [0.25, 0.3) is 0 Å². The predicted molar refractivity (Wildman–Crippen MR) is 63.9 cm³/mol. The van der Waals surface area contributed by atoms with E-state index in [1.807, 2.05) is 0 Å². The standard InChI is InChI=1S/C11H13ClN2O2/c1-2-16-11(15)5-3-4-9-8(13)6-7-10(12)14-9/h3-4,6-7H,2,5,13H2,1H3. The number of ether oxygens (including phenoxy) is 1. The molecule has 1 aromatic heterocycles. The Morgan fingerprint density at radius 1 is 1.62 bits per heavy atom. The van der Waals surface area contributed by atoms with Crippen LogP contribution in [0.5, 0.6) is 0 Å². The lowest BCUT2D eigenvalue weighted by molar-refractivity contribution is -0.142. The minimum atomic E-state index is -0.278. The van der Waals surface area contributed by atoms with Crippen molar-refractivity contribution in [1.82, 2.24) is 4.98 Å². The average molecular weight is 241 g/mol. The smallest absolute Gasteiger partial charge is 0.309 e. The van der Waals surface area contributed by atoms with E-state index >= 15 is 0 Å². The summed E-state index contributed by atoms with van der Waals surface area (Å²) in [5.74, 6) is -0.278. The predicted octanol–water partition coefficient (Wildman–Crippen LogP) is 2.28. The van der Waals surface area contributed by atoms with Gasteiger partial charge in [0, 0.05) is 0 Å². The van der Waals surface area contributed by atoms with Crippen molar-refractivity contribution in [1.29, 1.82) is 0 Å². The summed E-state index contributed by atoms with van der Waals surface area (Å²) in [5.41, 5.74) is 6.75. The van der Waals surface area contributed by atoms with E-state index < -0.39 is 0 Å². The zero-order valence-corrected chi connectivity index (χ0v) is 9.70. The normalized spacial score (nSPS) is 10.6. The van der Waals surface area contributed by atoms with Crippen molar-refractivity contribution in [3.63, 3.8) is 0 Å². The summed E-state index contributed by atoms with van der Waals surface area (Å²) in [5, 5.41) is 0.366. The van der Waals surface area contributed by atoms with Crippen LogP contribution in [-0.4, -0.2) is 17.6 Å². The number of carbonyl (C=O) groups excluding carboxylic acids is 1. The van der Waals surface area contributed by atoms with Gasteiger partial charge in [-0.15, -0.1) is 0 Å². The van der Waals surface area contributed by atoms with E-state index in [0.717, 1.165) is 0 Å². The first-order valence-electron chi connectivity index (χ1n) is 4.87. The van der Waals surface area contributed by atoms with Crippen LogP contribution in [0.2, 0.25) is 5.15 Å². The van der Waals surface area contributed by atoms with Gasteiger partial charge in [-0.25, -0.2) is 4.98 Å². The molecule has 0 spiro atoms. The second-order valence-electron chi connectivity index (χ2n) is 3.02. The van der Waals surface area contributed by atoms with Crippen molar-refractivity contribution >= 4 is 29.3 Å². The Balaban J connectivity index is 2.62. The molecule has 0 saturated carbocycles. The number of esters is 1. The first-order chi connectivity index (χ1) is 7.63. The Bertz CT molecular complexity index is 405. The van der Waals surface area contributed by atoms with Gasteiger partial charge in [0.1, 0.15) is 5.15 Å². The van der Waals surface area contributed by atoms with Crippen molar-refractivity contribution < 1.29 is 9.53 Å². The van der Waals surface area contributed by atoms with E-state index in [0.29, 0.717) is 23.1 Å². The molecule has 0 radical (unpaired) electrons. The molecule has 0 aliphatic rings. The summed E-state index contributed by atoms with van der Waals surface area (Å²) in [6.45, 7) is 2.14. The van der Waals surface area contributed by atoms with Gasteiger partial charge in [-0.1, -0.05) is 17.7 Å². The average Bonchev–Trinajstić information content (AvgIpc) is 2.23. The Morgan fingerprint density at radius 3 is 3.06 bits per heavy atom. The van der Waals surface area contributed by atoms with E-state index in [9.17, 15) is 4.79 Å². The molecule has 16 heavy (non-hydrogen) atoms. The maximum absolute atomic E-state index is 11.0. The van der Waals surface area contributed by atoms with Gasteiger partial charge in [0.2, 0.25) is 0 Å². The highest BCUT2D eigenvalue weighted by molar-refractivity contribution is 6.29. The molecule has 0 fully saturated rings. The molecule has 1 aromatic rings. The van der Waals surface area contributed by atoms with Crippen LogP contribution in [-0.2, 0) is 9.53 Å². The number of carbonyl (C=O) groups is 1. The van der Waals surface area contributed by atoms with E-state index in [4.69, 9.17) is 22.1 Å². The Kier molecular flexibility index (Phi) is 4.79. The number of rotatable bonds is 4. The molecule has 0 aliphatic carbocycles. The highest BCUT2D eigenvalue weighted by Gasteiger charge is 2.00. The maximum Gasteiger partial charge on any atom is 0.309 e. The molecule has 5 heteroatoms. The second kappa shape index (κ2) is 6.12. The lowest BCUT2D eigenvalue weighted by Crippen LogP contribution is -2.01. The zero-order valence-electron chi connectivity index (χ0n) is 8.94. The largest absolute Gasteiger partial charge is 0.466 e. The van der Waals surface area contributed by atoms with Gasteiger partial charge in [-0.3, -0.25) is 4.79 Å². The maximum atomic E-state index is 11.0. The van der Waals surface area contributed by atoms with Crippen LogP contribution in [0.1, 0.15) is 19.0 Å². The summed E-state index contributed by atoms with van der Waals surface area (Å²) < 4.78 is 4.77. The van der Waals surface area contributed by atoms with E-state index in [-0.39, 0.29) is 12.4 Å². The van der Waals surface area contributed by atoms with Crippen LogP contribution < -0.4 is 5.73 Å². The quantitative estimate of drug-likeness (QED) is 0.648. The van der Waals surface area contributed by atoms with Gasteiger partial charge in [0.15, 0.2) is 0 Å². The lowest BCUT2D eigenvalue weighted by Gasteiger charge is -2.00.